The van der Waals surface area contributed by atoms with Crippen molar-refractivity contribution in [3.8, 4) is 0 Å². The molecule has 0 fully saturated rings. The first kappa shape index (κ1) is 23.2. The fourth-order valence-corrected chi connectivity index (χ4v) is 1.63. The number of rotatable bonds is 11. The second-order valence-electron chi connectivity index (χ2n) is 6.62. The monoisotopic (exact) mass is 360 g/mol. The molecule has 0 saturated carbocycles. The molecule has 8 heteroatoms. The first-order valence-corrected chi connectivity index (χ1v) is 8.73. The van der Waals surface area contributed by atoms with E-state index in [1.807, 2.05) is 13.8 Å². The van der Waals surface area contributed by atoms with Crippen molar-refractivity contribution in [2.24, 2.45) is 0 Å². The highest BCUT2D eigenvalue weighted by molar-refractivity contribution is 5.76. The number of hydrogen-bond donors (Lipinski definition) is 1. The van der Waals surface area contributed by atoms with Crippen LogP contribution in [0.3, 0.4) is 0 Å². The number of hydrogen-bond acceptors (Lipinski definition) is 7. The first-order valence-electron chi connectivity index (χ1n) is 8.73. The number of hydrazine groups is 1. The molecule has 0 radical (unpaired) electrons. The summed E-state index contributed by atoms with van der Waals surface area (Å²) >= 11 is 0. The molecule has 0 spiro atoms. The third-order valence-corrected chi connectivity index (χ3v) is 2.81. The van der Waals surface area contributed by atoms with Crippen molar-refractivity contribution in [3.63, 3.8) is 0 Å². The van der Waals surface area contributed by atoms with Gasteiger partial charge in [0.15, 0.2) is 0 Å². The van der Waals surface area contributed by atoms with Crippen LogP contribution in [0.5, 0.6) is 0 Å². The first-order chi connectivity index (χ1) is 11.7. The van der Waals surface area contributed by atoms with Crippen LogP contribution in [-0.2, 0) is 23.8 Å². The molecule has 0 saturated heterocycles. The molecule has 25 heavy (non-hydrogen) atoms. The topological polar surface area (TPSA) is 94.2 Å². The highest BCUT2D eigenvalue weighted by Gasteiger charge is 2.22. The molecule has 0 unspecified atom stereocenters. The van der Waals surface area contributed by atoms with E-state index in [-0.39, 0.29) is 13.1 Å². The van der Waals surface area contributed by atoms with E-state index in [0.29, 0.717) is 13.2 Å². The molecule has 0 aliphatic rings. The minimum atomic E-state index is -0.754. The maximum atomic E-state index is 11.9. The lowest BCUT2D eigenvalue weighted by Crippen LogP contribution is -2.49. The van der Waals surface area contributed by atoms with Gasteiger partial charge in [-0.15, -0.1) is 0 Å². The van der Waals surface area contributed by atoms with Gasteiger partial charge in [-0.3, -0.25) is 15.0 Å². The van der Waals surface area contributed by atoms with Crippen LogP contribution in [0.25, 0.3) is 0 Å². The fourth-order valence-electron chi connectivity index (χ4n) is 1.63. The van der Waals surface area contributed by atoms with Crippen LogP contribution in [0, 0.1) is 0 Å². The number of amides is 1. The van der Waals surface area contributed by atoms with Crippen molar-refractivity contribution in [1.82, 2.24) is 10.4 Å². The summed E-state index contributed by atoms with van der Waals surface area (Å²) in [5.74, 6) is -1.07. The molecular weight excluding hydrogens is 328 g/mol. The van der Waals surface area contributed by atoms with Gasteiger partial charge in [0.2, 0.25) is 0 Å². The van der Waals surface area contributed by atoms with Gasteiger partial charge in [-0.2, -0.15) is 5.01 Å². The van der Waals surface area contributed by atoms with Gasteiger partial charge in [0.05, 0.1) is 13.2 Å². The fraction of sp³-hybridized carbons (Fsp3) is 0.824. The van der Waals surface area contributed by atoms with Gasteiger partial charge in [0.1, 0.15) is 18.7 Å². The quantitative estimate of drug-likeness (QED) is 0.262. The van der Waals surface area contributed by atoms with Gasteiger partial charge in [-0.25, -0.2) is 4.79 Å². The van der Waals surface area contributed by atoms with Crippen molar-refractivity contribution in [2.45, 2.75) is 65.9 Å². The predicted molar refractivity (Wildman–Crippen MR) is 92.7 cm³/mol. The van der Waals surface area contributed by atoms with E-state index in [2.05, 4.69) is 5.43 Å². The van der Waals surface area contributed by atoms with E-state index < -0.39 is 23.6 Å². The highest BCUT2D eigenvalue weighted by atomic mass is 16.6. The average molecular weight is 360 g/mol. The van der Waals surface area contributed by atoms with Crippen molar-refractivity contribution < 1.29 is 28.6 Å². The normalized spacial score (nSPS) is 11.1. The van der Waals surface area contributed by atoms with E-state index >= 15 is 0 Å². The van der Waals surface area contributed by atoms with Crippen molar-refractivity contribution in [1.29, 1.82) is 0 Å². The standard InChI is InChI=1S/C17H32N2O6/c1-6-8-10-23-14(20)12-19(13-15(21)24-11-9-7-2)18-16(22)25-17(3,4)5/h6-13H2,1-5H3,(H,18,22). The molecule has 0 aromatic rings. The van der Waals surface area contributed by atoms with E-state index in [1.54, 1.807) is 20.8 Å². The molecular formula is C17H32N2O6. The molecule has 0 aromatic carbocycles. The van der Waals surface area contributed by atoms with Crippen LogP contribution in [0.4, 0.5) is 4.79 Å². The van der Waals surface area contributed by atoms with E-state index in [1.165, 1.54) is 0 Å². The molecule has 0 rings (SSSR count). The minimum absolute atomic E-state index is 0.272. The zero-order chi connectivity index (χ0) is 19.3. The minimum Gasteiger partial charge on any atom is -0.465 e. The Morgan fingerprint density at radius 2 is 1.32 bits per heavy atom. The van der Waals surface area contributed by atoms with Crippen molar-refractivity contribution >= 4 is 18.0 Å². The molecule has 0 bridgehead atoms. The van der Waals surface area contributed by atoms with Crippen LogP contribution in [0.15, 0.2) is 0 Å². The Morgan fingerprint density at radius 1 is 0.880 bits per heavy atom. The molecule has 0 aliphatic carbocycles. The molecule has 1 N–H and O–H groups in total. The summed E-state index contributed by atoms with van der Waals surface area (Å²) < 4.78 is 15.2. The zero-order valence-electron chi connectivity index (χ0n) is 16.1. The van der Waals surface area contributed by atoms with Gasteiger partial charge < -0.3 is 14.2 Å². The number of esters is 2. The van der Waals surface area contributed by atoms with Crippen LogP contribution in [-0.4, -0.2) is 54.9 Å². The molecule has 0 aliphatic heterocycles. The molecule has 146 valence electrons. The van der Waals surface area contributed by atoms with Crippen molar-refractivity contribution in [2.75, 3.05) is 26.3 Å². The number of carbonyl (C=O) groups is 3. The SMILES string of the molecule is CCCCOC(=O)CN(CC(=O)OCCCC)NC(=O)OC(C)(C)C. The number of nitrogens with zero attached hydrogens (tertiary/aromatic N) is 1. The van der Waals surface area contributed by atoms with Gasteiger partial charge in [0.25, 0.3) is 0 Å². The van der Waals surface area contributed by atoms with Gasteiger partial charge >= 0.3 is 18.0 Å². The van der Waals surface area contributed by atoms with Crippen molar-refractivity contribution in [3.05, 3.63) is 0 Å². The predicted octanol–water partition coefficient (Wildman–Crippen LogP) is 2.41. The third-order valence-electron chi connectivity index (χ3n) is 2.81. The summed E-state index contributed by atoms with van der Waals surface area (Å²) in [5, 5.41) is 1.14. The number of unbranched alkanes of at least 4 members (excludes halogenated alkanes) is 2. The number of carbonyl (C=O) groups excluding carboxylic acids is 3. The van der Waals surface area contributed by atoms with Gasteiger partial charge in [-0.05, 0) is 33.6 Å². The maximum Gasteiger partial charge on any atom is 0.422 e. The summed E-state index contributed by atoms with van der Waals surface area (Å²) in [6, 6.07) is 0. The summed E-state index contributed by atoms with van der Waals surface area (Å²) in [6.45, 7) is 9.18. The van der Waals surface area contributed by atoms with Crippen LogP contribution in [0.1, 0.15) is 60.3 Å². The van der Waals surface area contributed by atoms with Crippen LogP contribution in [0.2, 0.25) is 0 Å². The molecule has 0 atom stereocenters. The van der Waals surface area contributed by atoms with Crippen LogP contribution >= 0.6 is 0 Å². The molecule has 0 heterocycles. The Morgan fingerprint density at radius 3 is 1.68 bits per heavy atom. The highest BCUT2D eigenvalue weighted by Crippen LogP contribution is 2.06. The summed E-state index contributed by atoms with van der Waals surface area (Å²) in [5.41, 5.74) is 1.69. The lowest BCUT2D eigenvalue weighted by Gasteiger charge is -2.25. The maximum absolute atomic E-state index is 11.9. The Labute approximate surface area is 150 Å². The van der Waals surface area contributed by atoms with E-state index in [0.717, 1.165) is 30.7 Å². The molecule has 0 aromatic heterocycles. The van der Waals surface area contributed by atoms with Gasteiger partial charge in [0, 0.05) is 0 Å². The smallest absolute Gasteiger partial charge is 0.422 e. The number of nitrogens with one attached hydrogen (secondary N) is 1. The molecule has 1 amide bonds. The molecule has 8 nitrogen and oxygen atoms in total. The second-order valence-corrected chi connectivity index (χ2v) is 6.62. The summed E-state index contributed by atoms with van der Waals surface area (Å²) in [7, 11) is 0. The third kappa shape index (κ3) is 14.2. The summed E-state index contributed by atoms with van der Waals surface area (Å²) in [4.78, 5) is 35.5. The Bertz CT molecular complexity index is 396. The number of ether oxygens (including phenoxy) is 3. The van der Waals surface area contributed by atoms with E-state index in [9.17, 15) is 14.4 Å². The van der Waals surface area contributed by atoms with Crippen LogP contribution < -0.4 is 5.43 Å². The second kappa shape index (κ2) is 12.5. The van der Waals surface area contributed by atoms with Gasteiger partial charge in [-0.1, -0.05) is 26.7 Å². The average Bonchev–Trinajstić information content (AvgIpc) is 2.45. The lowest BCUT2D eigenvalue weighted by atomic mass is 10.2. The zero-order valence-corrected chi connectivity index (χ0v) is 16.1. The summed E-state index contributed by atoms with van der Waals surface area (Å²) in [6.07, 6.45) is 2.55. The van der Waals surface area contributed by atoms with E-state index in [4.69, 9.17) is 14.2 Å². The Kier molecular flexibility index (Phi) is 11.6. The largest absolute Gasteiger partial charge is 0.465 e. The lowest BCUT2D eigenvalue weighted by molar-refractivity contribution is -0.150. The Hall–Kier alpha value is -1.83. The Balaban J connectivity index is 4.60.